The van der Waals surface area contributed by atoms with Gasteiger partial charge in [-0.2, -0.15) is 0 Å². The molecule has 0 unspecified atom stereocenters. The molecule has 0 bridgehead atoms. The average Bonchev–Trinajstić information content (AvgIpc) is 3.03. The first-order valence-corrected chi connectivity index (χ1v) is 9.42. The highest BCUT2D eigenvalue weighted by molar-refractivity contribution is 6.31. The van der Waals surface area contributed by atoms with Gasteiger partial charge in [0.15, 0.2) is 0 Å². The summed E-state index contributed by atoms with van der Waals surface area (Å²) in [6.45, 7) is 3.76. The minimum atomic E-state index is -0.444. The predicted molar refractivity (Wildman–Crippen MR) is 111 cm³/mol. The third-order valence-electron chi connectivity index (χ3n) is 4.70. The van der Waals surface area contributed by atoms with E-state index in [-0.39, 0.29) is 0 Å². The molecule has 1 heterocycles. The lowest BCUT2D eigenvalue weighted by molar-refractivity contribution is 0.0338. The maximum absolute atomic E-state index is 12.6. The standard InChI is InChI=1S/C23H19ClN2O2/c1-15(19-10-6-7-11-20(19)24)28-23(27)17-12-13-22-21(14-17)25-16(2)26(22)18-8-4-3-5-9-18/h3-15H,1-2H3/t15-/m0/s1. The fraction of sp³-hybridized carbons (Fsp3) is 0.130. The fourth-order valence-corrected chi connectivity index (χ4v) is 3.62. The lowest BCUT2D eigenvalue weighted by atomic mass is 10.1. The summed E-state index contributed by atoms with van der Waals surface area (Å²) in [5.41, 5.74) is 3.97. The lowest BCUT2D eigenvalue weighted by Crippen LogP contribution is -2.09. The van der Waals surface area contributed by atoms with Gasteiger partial charge in [-0.15, -0.1) is 0 Å². The number of para-hydroxylation sites is 1. The van der Waals surface area contributed by atoms with Gasteiger partial charge in [-0.1, -0.05) is 48.0 Å². The van der Waals surface area contributed by atoms with E-state index >= 15 is 0 Å². The van der Waals surface area contributed by atoms with Crippen molar-refractivity contribution in [3.05, 3.63) is 94.8 Å². The van der Waals surface area contributed by atoms with Gasteiger partial charge < -0.3 is 4.74 Å². The summed E-state index contributed by atoms with van der Waals surface area (Å²) in [7, 11) is 0. The molecule has 140 valence electrons. The molecule has 0 aliphatic carbocycles. The van der Waals surface area contributed by atoms with Crippen LogP contribution in [0, 0.1) is 6.92 Å². The molecule has 0 aliphatic rings. The second kappa shape index (κ2) is 7.49. The second-order valence-corrected chi connectivity index (χ2v) is 7.01. The molecule has 0 spiro atoms. The number of carbonyl (C=O) groups excluding carboxylic acids is 1. The Morgan fingerprint density at radius 1 is 1.04 bits per heavy atom. The van der Waals surface area contributed by atoms with Crippen LogP contribution in [-0.2, 0) is 4.74 Å². The van der Waals surface area contributed by atoms with Crippen LogP contribution in [0.1, 0.15) is 34.8 Å². The van der Waals surface area contributed by atoms with E-state index < -0.39 is 12.1 Å². The highest BCUT2D eigenvalue weighted by atomic mass is 35.5. The molecule has 0 N–H and O–H groups in total. The summed E-state index contributed by atoms with van der Waals surface area (Å²) < 4.78 is 7.68. The molecule has 0 saturated heterocycles. The first-order chi connectivity index (χ1) is 13.5. The molecule has 4 nitrogen and oxygen atoms in total. The zero-order valence-corrected chi connectivity index (χ0v) is 16.4. The summed E-state index contributed by atoms with van der Waals surface area (Å²) in [6, 6.07) is 22.8. The number of imidazole rings is 1. The number of rotatable bonds is 4. The molecular weight excluding hydrogens is 372 g/mol. The van der Waals surface area contributed by atoms with Crippen LogP contribution in [0.2, 0.25) is 5.02 Å². The molecule has 5 heteroatoms. The minimum absolute atomic E-state index is 0.402. The molecule has 4 aromatic rings. The minimum Gasteiger partial charge on any atom is -0.454 e. The van der Waals surface area contributed by atoms with Crippen molar-refractivity contribution in [2.24, 2.45) is 0 Å². The SMILES string of the molecule is Cc1nc2cc(C(=O)O[C@@H](C)c3ccccc3Cl)ccc2n1-c1ccccc1. The first kappa shape index (κ1) is 18.3. The average molecular weight is 391 g/mol. The topological polar surface area (TPSA) is 44.1 Å². The molecule has 3 aromatic carbocycles. The van der Waals surface area contributed by atoms with Gasteiger partial charge in [0.2, 0.25) is 0 Å². The number of esters is 1. The maximum atomic E-state index is 12.6. The van der Waals surface area contributed by atoms with Gasteiger partial charge >= 0.3 is 5.97 Å². The third kappa shape index (κ3) is 3.39. The van der Waals surface area contributed by atoms with E-state index in [0.29, 0.717) is 10.6 Å². The quantitative estimate of drug-likeness (QED) is 0.407. The smallest absolute Gasteiger partial charge is 0.338 e. The summed E-state index contributed by atoms with van der Waals surface area (Å²) >= 11 is 6.20. The van der Waals surface area contributed by atoms with Gasteiger partial charge in [-0.3, -0.25) is 4.57 Å². The second-order valence-electron chi connectivity index (χ2n) is 6.60. The molecular formula is C23H19ClN2O2. The van der Waals surface area contributed by atoms with Gasteiger partial charge in [0, 0.05) is 16.3 Å². The van der Waals surface area contributed by atoms with Gasteiger partial charge in [0.25, 0.3) is 0 Å². The predicted octanol–water partition coefficient (Wildman–Crippen LogP) is 5.91. The molecule has 0 amide bonds. The Hall–Kier alpha value is -3.11. The highest BCUT2D eigenvalue weighted by Crippen LogP contribution is 2.27. The Morgan fingerprint density at radius 3 is 2.50 bits per heavy atom. The Kier molecular flexibility index (Phi) is 4.88. The Morgan fingerprint density at radius 2 is 1.75 bits per heavy atom. The first-order valence-electron chi connectivity index (χ1n) is 9.04. The van der Waals surface area contributed by atoms with E-state index in [4.69, 9.17) is 16.3 Å². The number of aromatic nitrogens is 2. The van der Waals surface area contributed by atoms with Crippen LogP contribution in [-0.4, -0.2) is 15.5 Å². The van der Waals surface area contributed by atoms with Crippen LogP contribution in [0.3, 0.4) is 0 Å². The van der Waals surface area contributed by atoms with Crippen molar-refractivity contribution in [1.29, 1.82) is 0 Å². The van der Waals surface area contributed by atoms with Gasteiger partial charge in [-0.25, -0.2) is 9.78 Å². The number of nitrogens with zero attached hydrogens (tertiary/aromatic N) is 2. The largest absolute Gasteiger partial charge is 0.454 e. The Balaban J connectivity index is 1.63. The van der Waals surface area contributed by atoms with Crippen LogP contribution in [0.5, 0.6) is 0 Å². The van der Waals surface area contributed by atoms with Crippen LogP contribution in [0.4, 0.5) is 0 Å². The normalized spacial score (nSPS) is 12.1. The van der Waals surface area contributed by atoms with Gasteiger partial charge in [0.05, 0.1) is 16.6 Å². The van der Waals surface area contributed by atoms with Crippen molar-refractivity contribution in [1.82, 2.24) is 9.55 Å². The fourth-order valence-electron chi connectivity index (χ4n) is 3.33. The Bertz CT molecular complexity index is 1150. The summed E-state index contributed by atoms with van der Waals surface area (Å²) in [5, 5.41) is 0.579. The maximum Gasteiger partial charge on any atom is 0.338 e. The number of ether oxygens (including phenoxy) is 1. The monoisotopic (exact) mass is 390 g/mol. The molecule has 1 atom stereocenters. The van der Waals surface area contributed by atoms with E-state index in [9.17, 15) is 4.79 Å². The summed E-state index contributed by atoms with van der Waals surface area (Å²) in [5.74, 6) is 0.456. The van der Waals surface area contributed by atoms with Crippen molar-refractivity contribution in [2.75, 3.05) is 0 Å². The van der Waals surface area contributed by atoms with E-state index in [1.807, 2.05) is 68.4 Å². The molecule has 0 radical (unpaired) electrons. The van der Waals surface area contributed by atoms with Crippen LogP contribution in [0.25, 0.3) is 16.7 Å². The van der Waals surface area contributed by atoms with Crippen LogP contribution < -0.4 is 0 Å². The highest BCUT2D eigenvalue weighted by Gasteiger charge is 2.18. The number of carbonyl (C=O) groups is 1. The zero-order chi connectivity index (χ0) is 19.7. The number of hydrogen-bond donors (Lipinski definition) is 0. The van der Waals surface area contributed by atoms with Crippen molar-refractivity contribution in [3.8, 4) is 5.69 Å². The zero-order valence-electron chi connectivity index (χ0n) is 15.6. The van der Waals surface area contributed by atoms with Crippen molar-refractivity contribution in [3.63, 3.8) is 0 Å². The molecule has 4 rings (SSSR count). The van der Waals surface area contributed by atoms with Crippen molar-refractivity contribution in [2.45, 2.75) is 20.0 Å². The van der Waals surface area contributed by atoms with Gasteiger partial charge in [0.1, 0.15) is 11.9 Å². The molecule has 1 aromatic heterocycles. The number of aryl methyl sites for hydroxylation is 1. The Labute approximate surface area is 168 Å². The number of benzene rings is 3. The van der Waals surface area contributed by atoms with E-state index in [0.717, 1.165) is 28.1 Å². The van der Waals surface area contributed by atoms with Crippen LogP contribution in [0.15, 0.2) is 72.8 Å². The molecule has 28 heavy (non-hydrogen) atoms. The number of hydrogen-bond acceptors (Lipinski definition) is 3. The van der Waals surface area contributed by atoms with Gasteiger partial charge in [-0.05, 0) is 50.2 Å². The van der Waals surface area contributed by atoms with E-state index in [2.05, 4.69) is 9.55 Å². The van der Waals surface area contributed by atoms with E-state index in [1.165, 1.54) is 0 Å². The van der Waals surface area contributed by atoms with Crippen molar-refractivity contribution >= 4 is 28.6 Å². The molecule has 0 fully saturated rings. The molecule has 0 saturated carbocycles. The number of halogens is 1. The van der Waals surface area contributed by atoms with E-state index in [1.54, 1.807) is 18.2 Å². The lowest BCUT2D eigenvalue weighted by Gasteiger charge is -2.15. The molecule has 0 aliphatic heterocycles. The summed E-state index contributed by atoms with van der Waals surface area (Å²) in [4.78, 5) is 17.3. The third-order valence-corrected chi connectivity index (χ3v) is 5.04. The van der Waals surface area contributed by atoms with Crippen molar-refractivity contribution < 1.29 is 9.53 Å². The summed E-state index contributed by atoms with van der Waals surface area (Å²) in [6.07, 6.45) is -0.444. The number of fused-ring (bicyclic) bond motifs is 1. The van der Waals surface area contributed by atoms with Crippen LogP contribution >= 0.6 is 11.6 Å².